The molecule has 1 unspecified atom stereocenters. The first-order valence-corrected chi connectivity index (χ1v) is 11.7. The lowest BCUT2D eigenvalue weighted by atomic mass is 10.1. The molecule has 0 N–H and O–H groups in total. The van der Waals surface area contributed by atoms with Gasteiger partial charge in [0.15, 0.2) is 0 Å². The van der Waals surface area contributed by atoms with Gasteiger partial charge in [0.05, 0.1) is 23.7 Å². The molecule has 0 bridgehead atoms. The van der Waals surface area contributed by atoms with Gasteiger partial charge in [0.1, 0.15) is 11.6 Å². The average Bonchev–Trinajstić information content (AvgIpc) is 3.10. The minimum absolute atomic E-state index is 0.0533. The molecule has 0 saturated carbocycles. The summed E-state index contributed by atoms with van der Waals surface area (Å²) in [4.78, 5) is 17.1. The molecule has 1 aliphatic heterocycles. The second-order valence-corrected chi connectivity index (χ2v) is 9.41. The van der Waals surface area contributed by atoms with Crippen LogP contribution in [0.1, 0.15) is 15.7 Å². The molecule has 3 aromatic carbocycles. The highest BCUT2D eigenvalue weighted by Crippen LogP contribution is 2.56. The number of hydrogen-bond donors (Lipinski definition) is 0. The molecular formula is C24H18ClNO2S2. The van der Waals surface area contributed by atoms with Gasteiger partial charge in [-0.1, -0.05) is 42.5 Å². The van der Waals surface area contributed by atoms with Crippen molar-refractivity contribution in [2.75, 3.05) is 17.9 Å². The van der Waals surface area contributed by atoms with Crippen LogP contribution in [0, 0.1) is 0 Å². The van der Waals surface area contributed by atoms with E-state index in [9.17, 15) is 4.79 Å². The van der Waals surface area contributed by atoms with E-state index in [1.807, 2.05) is 47.4 Å². The molecule has 0 saturated heterocycles. The van der Waals surface area contributed by atoms with Crippen molar-refractivity contribution in [1.29, 1.82) is 0 Å². The SMILES string of the molecule is COc1ccc(C2Sc3ccccc3N(C(=O)CCl)c3c2sc2ccccc32)cc1. The molecule has 5 rings (SSSR count). The second-order valence-electron chi connectivity index (χ2n) is 6.91. The Morgan fingerprint density at radius 1 is 1.03 bits per heavy atom. The van der Waals surface area contributed by atoms with Crippen molar-refractivity contribution in [3.63, 3.8) is 0 Å². The molecule has 1 aromatic heterocycles. The number of benzene rings is 3. The smallest absolute Gasteiger partial charge is 0.246 e. The number of methoxy groups -OCH3 is 1. The Kier molecular flexibility index (Phi) is 5.19. The van der Waals surface area contributed by atoms with Crippen LogP contribution in [0.4, 0.5) is 11.4 Å². The van der Waals surface area contributed by atoms with E-state index in [4.69, 9.17) is 16.3 Å². The van der Waals surface area contributed by atoms with Crippen LogP contribution < -0.4 is 9.64 Å². The minimum atomic E-state index is -0.120. The van der Waals surface area contributed by atoms with Crippen LogP contribution in [0.5, 0.6) is 5.75 Å². The summed E-state index contributed by atoms with van der Waals surface area (Å²) >= 11 is 9.57. The fraction of sp³-hybridized carbons (Fsp3) is 0.125. The highest BCUT2D eigenvalue weighted by molar-refractivity contribution is 8.00. The third-order valence-corrected chi connectivity index (χ3v) is 8.14. The van der Waals surface area contributed by atoms with E-state index in [2.05, 4.69) is 30.3 Å². The Morgan fingerprint density at radius 2 is 1.77 bits per heavy atom. The summed E-state index contributed by atoms with van der Waals surface area (Å²) in [6, 6.07) is 24.5. The van der Waals surface area contributed by atoms with Crippen LogP contribution in [-0.2, 0) is 4.79 Å². The number of para-hydroxylation sites is 1. The number of carbonyl (C=O) groups excluding carboxylic acids is 1. The number of carbonyl (C=O) groups is 1. The summed E-state index contributed by atoms with van der Waals surface area (Å²) in [6.45, 7) is 0. The number of nitrogens with zero attached hydrogens (tertiary/aromatic N) is 1. The topological polar surface area (TPSA) is 29.5 Å². The van der Waals surface area contributed by atoms with Crippen molar-refractivity contribution in [2.24, 2.45) is 0 Å². The number of anilines is 2. The van der Waals surface area contributed by atoms with E-state index in [1.54, 1.807) is 30.2 Å². The average molecular weight is 452 g/mol. The number of fused-ring (bicyclic) bond motifs is 4. The number of thiophene rings is 1. The quantitative estimate of drug-likeness (QED) is 0.314. The highest BCUT2D eigenvalue weighted by Gasteiger charge is 2.34. The molecule has 2 heterocycles. The van der Waals surface area contributed by atoms with Crippen LogP contribution in [0.15, 0.2) is 77.7 Å². The van der Waals surface area contributed by atoms with Gasteiger partial charge in [-0.05, 0) is 35.9 Å². The fourth-order valence-electron chi connectivity index (χ4n) is 3.82. The van der Waals surface area contributed by atoms with Gasteiger partial charge in [-0.3, -0.25) is 9.69 Å². The Morgan fingerprint density at radius 3 is 2.53 bits per heavy atom. The molecule has 150 valence electrons. The Labute approximate surface area is 188 Å². The molecule has 0 aliphatic carbocycles. The van der Waals surface area contributed by atoms with E-state index in [0.29, 0.717) is 0 Å². The molecule has 0 fully saturated rings. The number of rotatable bonds is 3. The maximum atomic E-state index is 13.1. The normalized spacial score (nSPS) is 15.4. The Balaban J connectivity index is 1.81. The van der Waals surface area contributed by atoms with E-state index in [1.165, 1.54) is 5.56 Å². The highest BCUT2D eigenvalue weighted by atomic mass is 35.5. The number of ether oxygens (including phenoxy) is 1. The Bertz CT molecular complexity index is 1240. The minimum Gasteiger partial charge on any atom is -0.497 e. The molecule has 0 radical (unpaired) electrons. The summed E-state index contributed by atoms with van der Waals surface area (Å²) in [7, 11) is 1.67. The maximum Gasteiger partial charge on any atom is 0.246 e. The summed E-state index contributed by atoms with van der Waals surface area (Å²) in [5, 5.41) is 1.13. The number of thioether (sulfide) groups is 1. The Hall–Kier alpha value is -2.47. The van der Waals surface area contributed by atoms with Crippen molar-refractivity contribution in [3.8, 4) is 5.75 Å². The zero-order valence-corrected chi connectivity index (χ0v) is 18.6. The van der Waals surface area contributed by atoms with Crippen molar-refractivity contribution in [3.05, 3.63) is 83.2 Å². The third-order valence-electron chi connectivity index (χ3n) is 5.19. The fourth-order valence-corrected chi connectivity index (χ4v) is 6.63. The maximum absolute atomic E-state index is 13.1. The van der Waals surface area contributed by atoms with Crippen LogP contribution in [0.25, 0.3) is 10.1 Å². The number of alkyl halides is 1. The largest absolute Gasteiger partial charge is 0.497 e. The third kappa shape index (κ3) is 3.18. The zero-order chi connectivity index (χ0) is 20.7. The predicted molar refractivity (Wildman–Crippen MR) is 127 cm³/mol. The number of halogens is 1. The van der Waals surface area contributed by atoms with Gasteiger partial charge in [-0.2, -0.15) is 0 Å². The van der Waals surface area contributed by atoms with Crippen LogP contribution in [0.2, 0.25) is 0 Å². The molecule has 1 aliphatic rings. The van der Waals surface area contributed by atoms with Crippen molar-refractivity contribution in [2.45, 2.75) is 10.1 Å². The molecule has 6 heteroatoms. The summed E-state index contributed by atoms with van der Waals surface area (Å²) < 4.78 is 6.51. The van der Waals surface area contributed by atoms with Gasteiger partial charge in [0, 0.05) is 19.9 Å². The van der Waals surface area contributed by atoms with E-state index < -0.39 is 0 Å². The molecular weight excluding hydrogens is 434 g/mol. The lowest BCUT2D eigenvalue weighted by molar-refractivity contribution is -0.115. The van der Waals surface area contributed by atoms with Gasteiger partial charge in [0.25, 0.3) is 0 Å². The second kappa shape index (κ2) is 7.99. The molecule has 0 spiro atoms. The first-order valence-electron chi connectivity index (χ1n) is 9.51. The lowest BCUT2D eigenvalue weighted by Gasteiger charge is -2.23. The van der Waals surface area contributed by atoms with Gasteiger partial charge in [-0.15, -0.1) is 34.7 Å². The predicted octanol–water partition coefficient (Wildman–Crippen LogP) is 7.01. The van der Waals surface area contributed by atoms with Gasteiger partial charge in [-0.25, -0.2) is 0 Å². The molecule has 1 amide bonds. The van der Waals surface area contributed by atoms with E-state index in [-0.39, 0.29) is 17.0 Å². The molecule has 3 nitrogen and oxygen atoms in total. The first kappa shape index (κ1) is 19.5. The molecule has 30 heavy (non-hydrogen) atoms. The summed E-state index contributed by atoms with van der Waals surface area (Å²) in [6.07, 6.45) is 0. The zero-order valence-electron chi connectivity index (χ0n) is 16.2. The standard InChI is InChI=1S/C24H18ClNO2S2/c1-28-16-12-10-15(11-13-16)23-24-22(17-6-2-4-8-19(17)29-24)26(21(27)14-25)18-7-3-5-9-20(18)30-23/h2-13,23H,14H2,1H3. The first-order chi connectivity index (χ1) is 14.7. The number of hydrogen-bond acceptors (Lipinski definition) is 4. The number of amides is 1. The van der Waals surface area contributed by atoms with Gasteiger partial charge >= 0.3 is 0 Å². The van der Waals surface area contributed by atoms with Crippen molar-refractivity contribution < 1.29 is 9.53 Å². The van der Waals surface area contributed by atoms with Gasteiger partial charge < -0.3 is 4.74 Å². The summed E-state index contributed by atoms with van der Waals surface area (Å²) in [5.41, 5.74) is 3.00. The van der Waals surface area contributed by atoms with Crippen molar-refractivity contribution >= 4 is 62.1 Å². The van der Waals surface area contributed by atoms with E-state index >= 15 is 0 Å². The van der Waals surface area contributed by atoms with E-state index in [0.717, 1.165) is 37.0 Å². The summed E-state index contributed by atoms with van der Waals surface area (Å²) in [5.74, 6) is 0.633. The lowest BCUT2D eigenvalue weighted by Crippen LogP contribution is -2.27. The van der Waals surface area contributed by atoms with Crippen LogP contribution >= 0.6 is 34.7 Å². The van der Waals surface area contributed by atoms with Gasteiger partial charge in [0.2, 0.25) is 5.91 Å². The molecule has 4 aromatic rings. The monoisotopic (exact) mass is 451 g/mol. The molecule has 1 atom stereocenters. The van der Waals surface area contributed by atoms with Crippen LogP contribution in [0.3, 0.4) is 0 Å². The van der Waals surface area contributed by atoms with Crippen molar-refractivity contribution in [1.82, 2.24) is 0 Å². The van der Waals surface area contributed by atoms with Crippen LogP contribution in [-0.4, -0.2) is 18.9 Å².